The minimum absolute atomic E-state index is 0.511. The zero-order valence-corrected chi connectivity index (χ0v) is 15.0. The average Bonchev–Trinajstić information content (AvgIpc) is 3.32. The fraction of sp³-hybridized carbons (Fsp3) is 0.778. The van der Waals surface area contributed by atoms with E-state index in [9.17, 15) is 29.4 Å². The van der Waals surface area contributed by atoms with Crippen LogP contribution < -0.4 is 0 Å². The van der Waals surface area contributed by atoms with Crippen molar-refractivity contribution in [3.05, 3.63) is 0 Å². The lowest BCUT2D eigenvalue weighted by Gasteiger charge is -2.36. The van der Waals surface area contributed by atoms with Crippen LogP contribution in [0.4, 0.5) is 0 Å². The van der Waals surface area contributed by atoms with Gasteiger partial charge in [0.15, 0.2) is 0 Å². The number of carbonyl (C=O) groups excluding carboxylic acids is 2. The van der Waals surface area contributed by atoms with E-state index in [-0.39, 0.29) is 0 Å². The molecule has 0 amide bonds. The monoisotopic (exact) mass is 382 g/mol. The minimum Gasteiger partial charge on any atom is -0.481 e. The van der Waals surface area contributed by atoms with E-state index in [1.54, 1.807) is 0 Å². The molecule has 4 aliphatic heterocycles. The maximum atomic E-state index is 12.9. The van der Waals surface area contributed by atoms with Gasteiger partial charge >= 0.3 is 23.9 Å². The molecule has 4 rings (SSSR count). The molecule has 4 bridgehead atoms. The Morgan fingerprint density at radius 3 is 1.48 bits per heavy atom. The summed E-state index contributed by atoms with van der Waals surface area (Å²) >= 11 is 0. The lowest BCUT2D eigenvalue weighted by molar-refractivity contribution is -0.184. The molecule has 4 fully saturated rings. The molecule has 2 N–H and O–H groups in total. The molecule has 4 aliphatic rings. The molecule has 9 nitrogen and oxygen atoms in total. The molecule has 4 heterocycles. The van der Waals surface area contributed by atoms with Crippen LogP contribution in [-0.2, 0) is 33.4 Å². The van der Waals surface area contributed by atoms with Crippen molar-refractivity contribution >= 4 is 23.9 Å². The number of esters is 2. The molecule has 8 unspecified atom stereocenters. The lowest BCUT2D eigenvalue weighted by atomic mass is 9.66. The van der Waals surface area contributed by atoms with Crippen molar-refractivity contribution < 1.29 is 43.6 Å². The fourth-order valence-corrected chi connectivity index (χ4v) is 5.52. The summed E-state index contributed by atoms with van der Waals surface area (Å²) in [5.41, 5.74) is -2.98. The minimum atomic E-state index is -1.49. The molecule has 27 heavy (non-hydrogen) atoms. The molecule has 0 aromatic rings. The third kappa shape index (κ3) is 2.24. The molecule has 0 aliphatic carbocycles. The molecule has 0 saturated carbocycles. The highest BCUT2D eigenvalue weighted by atomic mass is 16.6. The summed E-state index contributed by atoms with van der Waals surface area (Å²) in [5, 5.41) is 19.1. The number of aliphatic carboxylic acids is 2. The van der Waals surface area contributed by atoms with Gasteiger partial charge < -0.3 is 24.4 Å². The first-order chi connectivity index (χ1) is 12.6. The molecule has 9 heteroatoms. The summed E-state index contributed by atoms with van der Waals surface area (Å²) in [6.07, 6.45) is -0.356. The van der Waals surface area contributed by atoms with Crippen LogP contribution in [0.1, 0.15) is 39.5 Å². The highest BCUT2D eigenvalue weighted by Gasteiger charge is 2.68. The molecular formula is C18H22O9. The Kier molecular flexibility index (Phi) is 3.91. The Labute approximate surface area is 154 Å². The summed E-state index contributed by atoms with van der Waals surface area (Å²) in [5.74, 6) is -6.49. The summed E-state index contributed by atoms with van der Waals surface area (Å²) in [6.45, 7) is 2.89. The summed E-state index contributed by atoms with van der Waals surface area (Å²) in [6, 6.07) is 0. The highest BCUT2D eigenvalue weighted by molar-refractivity contribution is 5.97. The van der Waals surface area contributed by atoms with E-state index >= 15 is 0 Å². The molecule has 0 aromatic carbocycles. The van der Waals surface area contributed by atoms with Gasteiger partial charge in [-0.05, 0) is 39.5 Å². The predicted octanol–water partition coefficient (Wildman–Crippen LogP) is 0.593. The van der Waals surface area contributed by atoms with Crippen molar-refractivity contribution in [2.75, 3.05) is 0 Å². The van der Waals surface area contributed by atoms with Crippen LogP contribution in [0.5, 0.6) is 0 Å². The van der Waals surface area contributed by atoms with Crippen LogP contribution in [0.15, 0.2) is 0 Å². The van der Waals surface area contributed by atoms with E-state index in [1.165, 1.54) is 13.8 Å². The predicted molar refractivity (Wildman–Crippen MR) is 85.4 cm³/mol. The summed E-state index contributed by atoms with van der Waals surface area (Å²) in [4.78, 5) is 49.2. The molecular weight excluding hydrogens is 360 g/mol. The molecule has 148 valence electrons. The number of hydrogen-bond acceptors (Lipinski definition) is 7. The van der Waals surface area contributed by atoms with Crippen molar-refractivity contribution in [2.45, 2.75) is 63.9 Å². The molecule has 8 atom stereocenters. The first kappa shape index (κ1) is 18.4. The number of hydrogen-bond donors (Lipinski definition) is 2. The first-order valence-corrected chi connectivity index (χ1v) is 9.15. The van der Waals surface area contributed by atoms with Crippen LogP contribution in [-0.4, -0.2) is 58.5 Å². The van der Waals surface area contributed by atoms with Crippen molar-refractivity contribution in [1.82, 2.24) is 0 Å². The Morgan fingerprint density at radius 2 is 1.15 bits per heavy atom. The second-order valence-electron chi connectivity index (χ2n) is 8.36. The van der Waals surface area contributed by atoms with E-state index in [4.69, 9.17) is 14.2 Å². The van der Waals surface area contributed by atoms with Gasteiger partial charge in [-0.15, -0.1) is 0 Å². The van der Waals surface area contributed by atoms with Crippen LogP contribution in [0, 0.1) is 22.7 Å². The summed E-state index contributed by atoms with van der Waals surface area (Å²) < 4.78 is 16.3. The largest absolute Gasteiger partial charge is 0.481 e. The van der Waals surface area contributed by atoms with Gasteiger partial charge in [0.2, 0.25) is 0 Å². The zero-order chi connectivity index (χ0) is 19.7. The second kappa shape index (κ2) is 5.75. The van der Waals surface area contributed by atoms with Crippen molar-refractivity contribution in [3.63, 3.8) is 0 Å². The topological polar surface area (TPSA) is 136 Å². The van der Waals surface area contributed by atoms with Gasteiger partial charge in [0, 0.05) is 0 Å². The Bertz CT molecular complexity index is 672. The molecule has 4 saturated heterocycles. The lowest BCUT2D eigenvalue weighted by Crippen LogP contribution is -2.53. The van der Waals surface area contributed by atoms with Crippen molar-refractivity contribution in [3.8, 4) is 0 Å². The maximum Gasteiger partial charge on any atom is 0.323 e. The van der Waals surface area contributed by atoms with E-state index < -0.39 is 71.0 Å². The van der Waals surface area contributed by atoms with Crippen LogP contribution >= 0.6 is 0 Å². The Hall–Kier alpha value is -2.00. The zero-order valence-electron chi connectivity index (χ0n) is 15.0. The maximum absolute atomic E-state index is 12.9. The second-order valence-corrected chi connectivity index (χ2v) is 8.36. The average molecular weight is 382 g/mol. The number of carbonyl (C=O) groups is 4. The summed E-state index contributed by atoms with van der Waals surface area (Å²) in [7, 11) is 0. The normalized spacial score (nSPS) is 47.2. The van der Waals surface area contributed by atoms with E-state index in [1.807, 2.05) is 0 Å². The van der Waals surface area contributed by atoms with Gasteiger partial charge in [-0.25, -0.2) is 0 Å². The standard InChI is InChI=1S/C18H22O9/c1-17(9-5-3-7(25-9)11(17)13(19)20)15(23)27-16(24)18(2)10-6-4-8(26-10)12(18)14(21)22/h7-12H,3-6H2,1-2H3,(H,19,20)(H,21,22). The number of fused-ring (bicyclic) bond motifs is 4. The van der Waals surface area contributed by atoms with Gasteiger partial charge in [-0.3, -0.25) is 19.2 Å². The van der Waals surface area contributed by atoms with Gasteiger partial charge in [0.05, 0.1) is 24.4 Å². The van der Waals surface area contributed by atoms with Gasteiger partial charge in [0.25, 0.3) is 0 Å². The number of ether oxygens (including phenoxy) is 3. The van der Waals surface area contributed by atoms with E-state index in [2.05, 4.69) is 0 Å². The van der Waals surface area contributed by atoms with E-state index in [0.29, 0.717) is 25.7 Å². The highest BCUT2D eigenvalue weighted by Crippen LogP contribution is 2.55. The Balaban J connectivity index is 1.59. The van der Waals surface area contributed by atoms with Crippen molar-refractivity contribution in [2.24, 2.45) is 22.7 Å². The quantitative estimate of drug-likeness (QED) is 0.529. The van der Waals surface area contributed by atoms with Gasteiger partial charge in [-0.1, -0.05) is 0 Å². The third-order valence-corrected chi connectivity index (χ3v) is 7.08. The van der Waals surface area contributed by atoms with E-state index in [0.717, 1.165) is 0 Å². The smallest absolute Gasteiger partial charge is 0.323 e. The van der Waals surface area contributed by atoms with Crippen molar-refractivity contribution in [1.29, 1.82) is 0 Å². The molecule has 0 radical (unpaired) electrons. The van der Waals surface area contributed by atoms with Crippen LogP contribution in [0.3, 0.4) is 0 Å². The van der Waals surface area contributed by atoms with Gasteiger partial charge in [0.1, 0.15) is 22.7 Å². The van der Waals surface area contributed by atoms with Crippen LogP contribution in [0.2, 0.25) is 0 Å². The third-order valence-electron chi connectivity index (χ3n) is 7.08. The number of carboxylic acid groups (broad SMARTS) is 2. The molecule has 0 spiro atoms. The van der Waals surface area contributed by atoms with Gasteiger partial charge in [-0.2, -0.15) is 0 Å². The SMILES string of the molecule is CC1(C(=O)OC(=O)C2(C)C3CCC(O3)C2C(=O)O)C2CCC(O2)C1C(=O)O. The number of carboxylic acids is 2. The first-order valence-electron chi connectivity index (χ1n) is 9.15. The van der Waals surface area contributed by atoms with Crippen LogP contribution in [0.25, 0.3) is 0 Å². The Morgan fingerprint density at radius 1 is 0.778 bits per heavy atom. The molecule has 0 aromatic heterocycles. The number of rotatable bonds is 4. The fourth-order valence-electron chi connectivity index (χ4n) is 5.52.